The van der Waals surface area contributed by atoms with E-state index in [-0.39, 0.29) is 0 Å². The molecule has 0 spiro atoms. The Morgan fingerprint density at radius 3 is 2.43 bits per heavy atom. The molecule has 82 valence electrons. The highest BCUT2D eigenvalue weighted by atomic mass is 16.5. The number of hydrogen-bond acceptors (Lipinski definition) is 2. The van der Waals surface area contributed by atoms with E-state index < -0.39 is 0 Å². The van der Waals surface area contributed by atoms with Crippen molar-refractivity contribution in [3.05, 3.63) is 0 Å². The Bertz CT molecular complexity index is 126. The first-order valence-electron chi connectivity index (χ1n) is 6.32. The summed E-state index contributed by atoms with van der Waals surface area (Å²) >= 11 is 0. The molecule has 1 saturated carbocycles. The van der Waals surface area contributed by atoms with Gasteiger partial charge in [0.1, 0.15) is 6.23 Å². The third-order valence-electron chi connectivity index (χ3n) is 3.54. The van der Waals surface area contributed by atoms with Crippen LogP contribution in [0.4, 0.5) is 0 Å². The van der Waals surface area contributed by atoms with Gasteiger partial charge < -0.3 is 4.74 Å². The standard InChI is InChI=1S/C12H23NO/c1-2-4-8-11(7-3-1)12-13-9-5-6-10-14-12/h11-13H,1-10H2. The molecule has 0 amide bonds. The van der Waals surface area contributed by atoms with Gasteiger partial charge in [0.05, 0.1) is 0 Å². The summed E-state index contributed by atoms with van der Waals surface area (Å²) in [7, 11) is 0. The zero-order chi connectivity index (χ0) is 9.64. The largest absolute Gasteiger partial charge is 0.363 e. The Kier molecular flexibility index (Phi) is 4.26. The van der Waals surface area contributed by atoms with Crippen molar-refractivity contribution in [1.82, 2.24) is 5.32 Å². The molecule has 2 heteroatoms. The molecule has 2 nitrogen and oxygen atoms in total. The molecule has 0 aromatic heterocycles. The first-order valence-corrected chi connectivity index (χ1v) is 6.32. The fourth-order valence-electron chi connectivity index (χ4n) is 2.66. The van der Waals surface area contributed by atoms with Crippen molar-refractivity contribution in [2.75, 3.05) is 13.2 Å². The second-order valence-electron chi connectivity index (χ2n) is 4.70. The summed E-state index contributed by atoms with van der Waals surface area (Å²) in [6.45, 7) is 2.12. The fourth-order valence-corrected chi connectivity index (χ4v) is 2.66. The van der Waals surface area contributed by atoms with Gasteiger partial charge in [0, 0.05) is 6.61 Å². The van der Waals surface area contributed by atoms with Crippen molar-refractivity contribution in [2.45, 2.75) is 57.6 Å². The van der Waals surface area contributed by atoms with Crippen LogP contribution >= 0.6 is 0 Å². The van der Waals surface area contributed by atoms with Crippen LogP contribution in [0.2, 0.25) is 0 Å². The molecule has 1 N–H and O–H groups in total. The topological polar surface area (TPSA) is 21.3 Å². The number of hydrogen-bond donors (Lipinski definition) is 1. The maximum absolute atomic E-state index is 5.89. The van der Waals surface area contributed by atoms with E-state index in [1.54, 1.807) is 0 Å². The lowest BCUT2D eigenvalue weighted by atomic mass is 9.98. The van der Waals surface area contributed by atoms with Crippen LogP contribution in [0.1, 0.15) is 51.4 Å². The average molecular weight is 197 g/mol. The maximum Gasteiger partial charge on any atom is 0.110 e. The van der Waals surface area contributed by atoms with Gasteiger partial charge in [-0.25, -0.2) is 0 Å². The van der Waals surface area contributed by atoms with E-state index in [1.165, 1.54) is 51.4 Å². The molecular formula is C12H23NO. The summed E-state index contributed by atoms with van der Waals surface area (Å²) in [5.74, 6) is 0.788. The first kappa shape index (κ1) is 10.4. The van der Waals surface area contributed by atoms with Crippen LogP contribution in [0.25, 0.3) is 0 Å². The quantitative estimate of drug-likeness (QED) is 0.653. The Morgan fingerprint density at radius 1 is 0.857 bits per heavy atom. The van der Waals surface area contributed by atoms with Crippen molar-refractivity contribution in [2.24, 2.45) is 5.92 Å². The van der Waals surface area contributed by atoms with E-state index >= 15 is 0 Å². The molecule has 0 radical (unpaired) electrons. The molecule has 1 atom stereocenters. The Labute approximate surface area is 87.4 Å². The second-order valence-corrected chi connectivity index (χ2v) is 4.70. The van der Waals surface area contributed by atoms with Crippen LogP contribution in [0.3, 0.4) is 0 Å². The normalized spacial score (nSPS) is 32.1. The lowest BCUT2D eigenvalue weighted by Gasteiger charge is -2.25. The van der Waals surface area contributed by atoms with E-state index in [0.29, 0.717) is 6.23 Å². The molecule has 1 saturated heterocycles. The summed E-state index contributed by atoms with van der Waals surface area (Å²) in [5, 5.41) is 3.56. The van der Waals surface area contributed by atoms with E-state index in [0.717, 1.165) is 19.1 Å². The summed E-state index contributed by atoms with van der Waals surface area (Å²) < 4.78 is 5.89. The monoisotopic (exact) mass is 197 g/mol. The predicted octanol–water partition coefficient (Wildman–Crippen LogP) is 2.68. The van der Waals surface area contributed by atoms with E-state index in [1.807, 2.05) is 0 Å². The van der Waals surface area contributed by atoms with Crippen LogP contribution in [0.15, 0.2) is 0 Å². The van der Waals surface area contributed by atoms with Crippen molar-refractivity contribution in [1.29, 1.82) is 0 Å². The van der Waals surface area contributed by atoms with Gasteiger partial charge in [-0.2, -0.15) is 0 Å². The Balaban J connectivity index is 1.83. The number of nitrogens with one attached hydrogen (secondary N) is 1. The highest BCUT2D eigenvalue weighted by Crippen LogP contribution is 2.26. The molecule has 0 bridgehead atoms. The average Bonchev–Trinajstić information content (AvgIpc) is 2.62. The molecule has 14 heavy (non-hydrogen) atoms. The lowest BCUT2D eigenvalue weighted by molar-refractivity contribution is -0.00400. The van der Waals surface area contributed by atoms with Crippen molar-refractivity contribution < 1.29 is 4.74 Å². The van der Waals surface area contributed by atoms with Gasteiger partial charge in [-0.15, -0.1) is 0 Å². The zero-order valence-electron chi connectivity index (χ0n) is 9.13. The van der Waals surface area contributed by atoms with Gasteiger partial charge in [-0.1, -0.05) is 25.7 Å². The van der Waals surface area contributed by atoms with Gasteiger partial charge in [0.25, 0.3) is 0 Å². The lowest BCUT2D eigenvalue weighted by Crippen LogP contribution is -2.37. The van der Waals surface area contributed by atoms with Crippen LogP contribution in [-0.2, 0) is 4.74 Å². The summed E-state index contributed by atoms with van der Waals surface area (Å²) in [5.41, 5.74) is 0. The molecule has 1 aliphatic heterocycles. The minimum absolute atomic E-state index is 0.371. The first-order chi connectivity index (χ1) is 6.97. The summed E-state index contributed by atoms with van der Waals surface area (Å²) in [4.78, 5) is 0. The van der Waals surface area contributed by atoms with Gasteiger partial charge in [0.2, 0.25) is 0 Å². The van der Waals surface area contributed by atoms with Gasteiger partial charge in [-0.05, 0) is 38.1 Å². The Morgan fingerprint density at radius 2 is 1.64 bits per heavy atom. The molecule has 0 aromatic carbocycles. The fraction of sp³-hybridized carbons (Fsp3) is 1.00. The van der Waals surface area contributed by atoms with Crippen molar-refractivity contribution >= 4 is 0 Å². The number of rotatable bonds is 1. The smallest absolute Gasteiger partial charge is 0.110 e. The van der Waals surface area contributed by atoms with Gasteiger partial charge >= 0.3 is 0 Å². The molecule has 1 aliphatic carbocycles. The molecular weight excluding hydrogens is 174 g/mol. The summed E-state index contributed by atoms with van der Waals surface area (Å²) in [6, 6.07) is 0. The Hall–Kier alpha value is -0.0800. The van der Waals surface area contributed by atoms with Crippen LogP contribution in [0.5, 0.6) is 0 Å². The molecule has 2 aliphatic rings. The predicted molar refractivity (Wildman–Crippen MR) is 58.2 cm³/mol. The highest BCUT2D eigenvalue weighted by molar-refractivity contribution is 4.73. The maximum atomic E-state index is 5.89. The van der Waals surface area contributed by atoms with Crippen LogP contribution < -0.4 is 5.32 Å². The van der Waals surface area contributed by atoms with Crippen molar-refractivity contribution in [3.63, 3.8) is 0 Å². The second kappa shape index (κ2) is 5.72. The third-order valence-corrected chi connectivity index (χ3v) is 3.54. The highest BCUT2D eigenvalue weighted by Gasteiger charge is 2.23. The molecule has 0 aromatic rings. The number of ether oxygens (including phenoxy) is 1. The zero-order valence-corrected chi connectivity index (χ0v) is 9.13. The SMILES string of the molecule is C1CCCC(C2NCCCCO2)CC1. The molecule has 2 fully saturated rings. The van der Waals surface area contributed by atoms with E-state index in [9.17, 15) is 0 Å². The minimum Gasteiger partial charge on any atom is -0.363 e. The minimum atomic E-state index is 0.371. The summed E-state index contributed by atoms with van der Waals surface area (Å²) in [6.07, 6.45) is 11.3. The third kappa shape index (κ3) is 2.96. The van der Waals surface area contributed by atoms with Gasteiger partial charge in [-0.3, -0.25) is 5.32 Å². The molecule has 2 rings (SSSR count). The van der Waals surface area contributed by atoms with Gasteiger partial charge in [0.15, 0.2) is 0 Å². The van der Waals surface area contributed by atoms with Crippen molar-refractivity contribution in [3.8, 4) is 0 Å². The molecule has 1 unspecified atom stereocenters. The molecule has 1 heterocycles. The van der Waals surface area contributed by atoms with E-state index in [4.69, 9.17) is 4.74 Å². The van der Waals surface area contributed by atoms with Crippen LogP contribution in [-0.4, -0.2) is 19.4 Å². The van der Waals surface area contributed by atoms with Crippen LogP contribution in [0, 0.1) is 5.92 Å². The van der Waals surface area contributed by atoms with E-state index in [2.05, 4.69) is 5.32 Å².